The minimum atomic E-state index is 0.105. The average Bonchev–Trinajstić information content (AvgIpc) is 2.80. The van der Waals surface area contributed by atoms with Crippen LogP contribution in [0.15, 0.2) is 30.3 Å². The van der Waals surface area contributed by atoms with Gasteiger partial charge in [-0.05, 0) is 24.5 Å². The minimum absolute atomic E-state index is 0.105. The molecular formula is C13H17NO. The molecule has 0 saturated carbocycles. The first-order chi connectivity index (χ1) is 7.42. The number of rotatable bonds is 3. The van der Waals surface area contributed by atoms with Crippen molar-refractivity contribution in [3.63, 3.8) is 0 Å². The SMILES string of the molecule is OCC=Cc1ccccc1N1CCCC1. The van der Waals surface area contributed by atoms with Gasteiger partial charge in [-0.25, -0.2) is 0 Å². The van der Waals surface area contributed by atoms with Crippen molar-refractivity contribution in [2.24, 2.45) is 0 Å². The second-order valence-corrected chi connectivity index (χ2v) is 3.84. The van der Waals surface area contributed by atoms with E-state index in [2.05, 4.69) is 23.1 Å². The van der Waals surface area contributed by atoms with Gasteiger partial charge in [-0.3, -0.25) is 0 Å². The third-order valence-electron chi connectivity index (χ3n) is 2.79. The summed E-state index contributed by atoms with van der Waals surface area (Å²) in [6, 6.07) is 8.36. The van der Waals surface area contributed by atoms with Gasteiger partial charge in [0.2, 0.25) is 0 Å². The Bertz CT molecular complexity index is 340. The number of hydrogen-bond acceptors (Lipinski definition) is 2. The Balaban J connectivity index is 2.24. The average molecular weight is 203 g/mol. The number of nitrogens with zero attached hydrogens (tertiary/aromatic N) is 1. The highest BCUT2D eigenvalue weighted by atomic mass is 16.2. The van der Waals surface area contributed by atoms with E-state index in [1.807, 2.05) is 12.1 Å². The smallest absolute Gasteiger partial charge is 0.0615 e. The van der Waals surface area contributed by atoms with Gasteiger partial charge in [0.1, 0.15) is 0 Å². The van der Waals surface area contributed by atoms with Crippen LogP contribution in [0.2, 0.25) is 0 Å². The monoisotopic (exact) mass is 203 g/mol. The predicted molar refractivity (Wildman–Crippen MR) is 64.0 cm³/mol. The van der Waals surface area contributed by atoms with Crippen molar-refractivity contribution in [2.45, 2.75) is 12.8 Å². The number of para-hydroxylation sites is 1. The molecule has 2 nitrogen and oxygen atoms in total. The number of aliphatic hydroxyl groups is 1. The number of aliphatic hydroxyl groups excluding tert-OH is 1. The van der Waals surface area contributed by atoms with Crippen LogP contribution < -0.4 is 4.90 Å². The Kier molecular flexibility index (Phi) is 3.41. The van der Waals surface area contributed by atoms with E-state index in [0.29, 0.717) is 0 Å². The molecule has 0 atom stereocenters. The van der Waals surface area contributed by atoms with Crippen molar-refractivity contribution in [3.8, 4) is 0 Å². The molecule has 1 aliphatic rings. The largest absolute Gasteiger partial charge is 0.392 e. The van der Waals surface area contributed by atoms with Gasteiger partial charge in [0.25, 0.3) is 0 Å². The summed E-state index contributed by atoms with van der Waals surface area (Å²) in [4.78, 5) is 2.41. The van der Waals surface area contributed by atoms with Crippen LogP contribution in [0.3, 0.4) is 0 Å². The molecule has 1 aromatic rings. The summed E-state index contributed by atoms with van der Waals surface area (Å²) < 4.78 is 0. The van der Waals surface area contributed by atoms with Crippen LogP contribution in [-0.4, -0.2) is 24.8 Å². The second-order valence-electron chi connectivity index (χ2n) is 3.84. The van der Waals surface area contributed by atoms with Crippen molar-refractivity contribution >= 4 is 11.8 Å². The third kappa shape index (κ3) is 2.39. The molecule has 80 valence electrons. The van der Waals surface area contributed by atoms with E-state index < -0.39 is 0 Å². The summed E-state index contributed by atoms with van der Waals surface area (Å²) in [5.74, 6) is 0. The topological polar surface area (TPSA) is 23.5 Å². The fourth-order valence-corrected chi connectivity index (χ4v) is 2.05. The summed E-state index contributed by atoms with van der Waals surface area (Å²) in [5.41, 5.74) is 2.49. The molecule has 15 heavy (non-hydrogen) atoms. The van der Waals surface area contributed by atoms with Crippen LogP contribution in [0.4, 0.5) is 5.69 Å². The highest BCUT2D eigenvalue weighted by Crippen LogP contribution is 2.25. The highest BCUT2D eigenvalue weighted by Gasteiger charge is 2.13. The van der Waals surface area contributed by atoms with Gasteiger partial charge in [0.15, 0.2) is 0 Å². The molecule has 1 aromatic carbocycles. The fourth-order valence-electron chi connectivity index (χ4n) is 2.05. The van der Waals surface area contributed by atoms with Gasteiger partial charge in [0.05, 0.1) is 6.61 Å². The molecule has 2 rings (SSSR count). The molecule has 0 radical (unpaired) electrons. The van der Waals surface area contributed by atoms with Crippen LogP contribution in [0, 0.1) is 0 Å². The second kappa shape index (κ2) is 4.99. The van der Waals surface area contributed by atoms with E-state index in [4.69, 9.17) is 5.11 Å². The van der Waals surface area contributed by atoms with E-state index in [1.54, 1.807) is 6.08 Å². The lowest BCUT2D eigenvalue weighted by atomic mass is 10.1. The minimum Gasteiger partial charge on any atom is -0.392 e. The summed E-state index contributed by atoms with van der Waals surface area (Å²) >= 11 is 0. The summed E-state index contributed by atoms with van der Waals surface area (Å²) in [6.07, 6.45) is 6.36. The normalized spacial score (nSPS) is 16.5. The van der Waals surface area contributed by atoms with Crippen molar-refractivity contribution < 1.29 is 5.11 Å². The zero-order valence-electron chi connectivity index (χ0n) is 8.89. The van der Waals surface area contributed by atoms with Gasteiger partial charge in [-0.15, -0.1) is 0 Å². The van der Waals surface area contributed by atoms with Crippen LogP contribution in [-0.2, 0) is 0 Å². The molecular weight excluding hydrogens is 186 g/mol. The quantitative estimate of drug-likeness (QED) is 0.814. The number of anilines is 1. The maximum absolute atomic E-state index is 8.78. The third-order valence-corrected chi connectivity index (χ3v) is 2.79. The van der Waals surface area contributed by atoms with Crippen molar-refractivity contribution in [1.29, 1.82) is 0 Å². The lowest BCUT2D eigenvalue weighted by molar-refractivity contribution is 0.343. The molecule has 0 aromatic heterocycles. The fraction of sp³-hybridized carbons (Fsp3) is 0.385. The molecule has 0 bridgehead atoms. The molecule has 1 N–H and O–H groups in total. The van der Waals surface area contributed by atoms with Crippen LogP contribution in [0.25, 0.3) is 6.08 Å². The molecule has 1 aliphatic heterocycles. The molecule has 0 aliphatic carbocycles. The maximum atomic E-state index is 8.78. The first-order valence-electron chi connectivity index (χ1n) is 5.53. The van der Waals surface area contributed by atoms with Gasteiger partial charge < -0.3 is 10.0 Å². The van der Waals surface area contributed by atoms with Crippen molar-refractivity contribution in [1.82, 2.24) is 0 Å². The Morgan fingerprint density at radius 2 is 1.93 bits per heavy atom. The summed E-state index contributed by atoms with van der Waals surface area (Å²) in [5, 5.41) is 8.78. The zero-order valence-corrected chi connectivity index (χ0v) is 8.89. The highest BCUT2D eigenvalue weighted by molar-refractivity contribution is 5.68. The van der Waals surface area contributed by atoms with Crippen molar-refractivity contribution in [3.05, 3.63) is 35.9 Å². The molecule has 0 unspecified atom stereocenters. The molecule has 0 spiro atoms. The number of hydrogen-bond donors (Lipinski definition) is 1. The first kappa shape index (κ1) is 10.2. The molecule has 2 heteroatoms. The maximum Gasteiger partial charge on any atom is 0.0615 e. The van der Waals surface area contributed by atoms with Crippen LogP contribution in [0.1, 0.15) is 18.4 Å². The summed E-state index contributed by atoms with van der Waals surface area (Å²) in [7, 11) is 0. The van der Waals surface area contributed by atoms with Gasteiger partial charge >= 0.3 is 0 Å². The van der Waals surface area contributed by atoms with Crippen molar-refractivity contribution in [2.75, 3.05) is 24.6 Å². The van der Waals surface area contributed by atoms with Gasteiger partial charge in [0, 0.05) is 18.8 Å². The van der Waals surface area contributed by atoms with E-state index >= 15 is 0 Å². The standard InChI is InChI=1S/C13H17NO/c15-11-5-7-12-6-1-2-8-13(12)14-9-3-4-10-14/h1-2,5-8,15H,3-4,9-11H2. The van der Waals surface area contributed by atoms with E-state index in [-0.39, 0.29) is 6.61 Å². The number of benzene rings is 1. The molecule has 1 saturated heterocycles. The Hall–Kier alpha value is -1.28. The van der Waals surface area contributed by atoms with Crippen LogP contribution >= 0.6 is 0 Å². The lowest BCUT2D eigenvalue weighted by Gasteiger charge is -2.19. The molecule has 1 heterocycles. The van der Waals surface area contributed by atoms with E-state index in [1.165, 1.54) is 24.1 Å². The van der Waals surface area contributed by atoms with E-state index in [0.717, 1.165) is 13.1 Å². The Morgan fingerprint density at radius 3 is 2.67 bits per heavy atom. The first-order valence-corrected chi connectivity index (χ1v) is 5.53. The Labute approximate surface area is 90.8 Å². The molecule has 1 fully saturated rings. The zero-order chi connectivity index (χ0) is 10.5. The Morgan fingerprint density at radius 1 is 1.20 bits per heavy atom. The van der Waals surface area contributed by atoms with Gasteiger partial charge in [-0.2, -0.15) is 0 Å². The lowest BCUT2D eigenvalue weighted by Crippen LogP contribution is -2.18. The van der Waals surface area contributed by atoms with E-state index in [9.17, 15) is 0 Å². The molecule has 0 amide bonds. The predicted octanol–water partition coefficient (Wildman–Crippen LogP) is 2.29. The van der Waals surface area contributed by atoms with Crippen LogP contribution in [0.5, 0.6) is 0 Å². The summed E-state index contributed by atoms with van der Waals surface area (Å²) in [6.45, 7) is 2.42. The van der Waals surface area contributed by atoms with Gasteiger partial charge in [-0.1, -0.05) is 30.4 Å².